The molecule has 4 rings (SSSR count). The highest BCUT2D eigenvalue weighted by molar-refractivity contribution is 5.87. The van der Waals surface area contributed by atoms with Crippen LogP contribution >= 0.6 is 0 Å². The third-order valence-electron chi connectivity index (χ3n) is 5.53. The van der Waals surface area contributed by atoms with Gasteiger partial charge in [0, 0.05) is 29.9 Å². The molecular weight excluding hydrogens is 378 g/mol. The van der Waals surface area contributed by atoms with Crippen LogP contribution in [0.3, 0.4) is 0 Å². The molecule has 30 heavy (non-hydrogen) atoms. The molecule has 0 aromatic heterocycles. The molecule has 0 atom stereocenters. The lowest BCUT2D eigenvalue weighted by Crippen LogP contribution is -2.31. The minimum absolute atomic E-state index is 0.613. The van der Waals surface area contributed by atoms with Gasteiger partial charge in [-0.3, -0.25) is 0 Å². The SMILES string of the molecule is CCOc1cc2c(cc1OCC)C1=Cc3ccc(OCC)c(OCC)c3CN1CC2. The third kappa shape index (κ3) is 3.69. The standard InChI is InChI=1S/C25H31NO4/c1-5-27-22-10-9-17-13-21-19-15-24(29-7-3)23(28-6-2)14-18(19)11-12-26(21)16-20(17)25(22)30-8-4/h9-10,13-15H,5-8,11-12,16H2,1-4H3. The average molecular weight is 410 g/mol. The molecule has 0 saturated carbocycles. The van der Waals surface area contributed by atoms with E-state index in [-0.39, 0.29) is 0 Å². The van der Waals surface area contributed by atoms with Crippen LogP contribution in [-0.4, -0.2) is 37.9 Å². The molecule has 0 unspecified atom stereocenters. The summed E-state index contributed by atoms with van der Waals surface area (Å²) in [5.74, 6) is 3.35. The summed E-state index contributed by atoms with van der Waals surface area (Å²) in [7, 11) is 0. The molecular formula is C25H31NO4. The summed E-state index contributed by atoms with van der Waals surface area (Å²) in [6, 6.07) is 8.46. The van der Waals surface area contributed by atoms with Crippen LogP contribution < -0.4 is 18.9 Å². The first kappa shape index (κ1) is 20.5. The van der Waals surface area contributed by atoms with E-state index < -0.39 is 0 Å². The molecule has 0 spiro atoms. The van der Waals surface area contributed by atoms with Crippen LogP contribution in [-0.2, 0) is 13.0 Å². The summed E-state index contributed by atoms with van der Waals surface area (Å²) < 4.78 is 23.6. The Morgan fingerprint density at radius 3 is 2.17 bits per heavy atom. The van der Waals surface area contributed by atoms with Crippen molar-refractivity contribution in [2.75, 3.05) is 33.0 Å². The van der Waals surface area contributed by atoms with Crippen LogP contribution in [0.25, 0.3) is 11.8 Å². The normalized spacial score (nSPS) is 14.3. The molecule has 2 aromatic rings. The molecule has 2 aromatic carbocycles. The fourth-order valence-corrected chi connectivity index (χ4v) is 4.29. The summed E-state index contributed by atoms with van der Waals surface area (Å²) >= 11 is 0. The lowest BCUT2D eigenvalue weighted by atomic mass is 9.90. The molecule has 2 heterocycles. The van der Waals surface area contributed by atoms with Crippen molar-refractivity contribution in [3.05, 3.63) is 46.5 Å². The summed E-state index contributed by atoms with van der Waals surface area (Å²) in [5.41, 5.74) is 6.16. The minimum atomic E-state index is 0.613. The Morgan fingerprint density at radius 1 is 0.800 bits per heavy atom. The molecule has 0 saturated heterocycles. The zero-order chi connectivity index (χ0) is 21.1. The number of benzene rings is 2. The van der Waals surface area contributed by atoms with Crippen LogP contribution in [0.15, 0.2) is 24.3 Å². The molecule has 0 radical (unpaired) electrons. The summed E-state index contributed by atoms with van der Waals surface area (Å²) in [6.45, 7) is 12.3. The van der Waals surface area contributed by atoms with Gasteiger partial charge in [-0.2, -0.15) is 0 Å². The zero-order valence-corrected chi connectivity index (χ0v) is 18.4. The molecule has 0 fully saturated rings. The van der Waals surface area contributed by atoms with E-state index in [2.05, 4.69) is 29.2 Å². The average Bonchev–Trinajstić information content (AvgIpc) is 2.75. The maximum Gasteiger partial charge on any atom is 0.166 e. The summed E-state index contributed by atoms with van der Waals surface area (Å²) in [5, 5.41) is 0. The topological polar surface area (TPSA) is 40.2 Å². The van der Waals surface area contributed by atoms with Gasteiger partial charge < -0.3 is 23.8 Å². The van der Waals surface area contributed by atoms with E-state index in [0.717, 1.165) is 42.5 Å². The van der Waals surface area contributed by atoms with E-state index in [1.807, 2.05) is 33.8 Å². The van der Waals surface area contributed by atoms with E-state index in [1.165, 1.54) is 28.0 Å². The van der Waals surface area contributed by atoms with Crippen LogP contribution in [0, 0.1) is 0 Å². The number of ether oxygens (including phenoxy) is 4. The Bertz CT molecular complexity index is 951. The van der Waals surface area contributed by atoms with E-state index in [0.29, 0.717) is 26.4 Å². The molecule has 5 heteroatoms. The van der Waals surface area contributed by atoms with Crippen LogP contribution in [0.4, 0.5) is 0 Å². The van der Waals surface area contributed by atoms with Crippen molar-refractivity contribution in [3.8, 4) is 23.0 Å². The number of hydrogen-bond acceptors (Lipinski definition) is 5. The monoisotopic (exact) mass is 409 g/mol. The van der Waals surface area contributed by atoms with Gasteiger partial charge in [-0.15, -0.1) is 0 Å². The minimum Gasteiger partial charge on any atom is -0.490 e. The number of fused-ring (bicyclic) bond motifs is 4. The van der Waals surface area contributed by atoms with Crippen molar-refractivity contribution in [2.45, 2.75) is 40.7 Å². The van der Waals surface area contributed by atoms with E-state index in [9.17, 15) is 0 Å². The van der Waals surface area contributed by atoms with Gasteiger partial charge >= 0.3 is 0 Å². The summed E-state index contributed by atoms with van der Waals surface area (Å²) in [6.07, 6.45) is 3.24. The Labute approximate surface area is 179 Å². The van der Waals surface area contributed by atoms with Gasteiger partial charge in [0.05, 0.1) is 26.4 Å². The molecule has 2 aliphatic heterocycles. The van der Waals surface area contributed by atoms with Crippen LogP contribution in [0.5, 0.6) is 23.0 Å². The van der Waals surface area contributed by atoms with Crippen LogP contribution in [0.1, 0.15) is 49.9 Å². The van der Waals surface area contributed by atoms with Gasteiger partial charge in [0.25, 0.3) is 0 Å². The van der Waals surface area contributed by atoms with Crippen molar-refractivity contribution < 1.29 is 18.9 Å². The second-order valence-electron chi connectivity index (χ2n) is 7.35. The predicted octanol–water partition coefficient (Wildman–Crippen LogP) is 5.15. The maximum absolute atomic E-state index is 6.01. The predicted molar refractivity (Wildman–Crippen MR) is 120 cm³/mol. The van der Waals surface area contributed by atoms with Crippen molar-refractivity contribution in [1.82, 2.24) is 4.90 Å². The first-order chi connectivity index (χ1) is 14.7. The van der Waals surface area contributed by atoms with Crippen molar-refractivity contribution in [1.29, 1.82) is 0 Å². The second kappa shape index (κ2) is 8.90. The number of rotatable bonds is 8. The van der Waals surface area contributed by atoms with Crippen molar-refractivity contribution in [3.63, 3.8) is 0 Å². The fraction of sp³-hybridized carbons (Fsp3) is 0.440. The van der Waals surface area contributed by atoms with Gasteiger partial charge in [-0.25, -0.2) is 0 Å². The maximum atomic E-state index is 6.01. The molecule has 5 nitrogen and oxygen atoms in total. The molecule has 160 valence electrons. The molecule has 0 bridgehead atoms. The quantitative estimate of drug-likeness (QED) is 0.603. The Morgan fingerprint density at radius 2 is 1.47 bits per heavy atom. The Kier molecular flexibility index (Phi) is 6.07. The Balaban J connectivity index is 1.80. The first-order valence-electron chi connectivity index (χ1n) is 11.0. The second-order valence-corrected chi connectivity index (χ2v) is 7.35. The zero-order valence-electron chi connectivity index (χ0n) is 18.4. The van der Waals surface area contributed by atoms with Crippen molar-refractivity contribution in [2.24, 2.45) is 0 Å². The van der Waals surface area contributed by atoms with Gasteiger partial charge in [0.15, 0.2) is 23.0 Å². The lowest BCUT2D eigenvalue weighted by Gasteiger charge is -2.37. The fourth-order valence-electron chi connectivity index (χ4n) is 4.29. The summed E-state index contributed by atoms with van der Waals surface area (Å²) in [4.78, 5) is 2.43. The van der Waals surface area contributed by atoms with Crippen molar-refractivity contribution >= 4 is 11.8 Å². The first-order valence-corrected chi connectivity index (χ1v) is 11.0. The van der Waals surface area contributed by atoms with Gasteiger partial charge in [0.2, 0.25) is 0 Å². The van der Waals surface area contributed by atoms with E-state index in [1.54, 1.807) is 0 Å². The third-order valence-corrected chi connectivity index (χ3v) is 5.53. The number of hydrogen-bond donors (Lipinski definition) is 0. The van der Waals surface area contributed by atoms with Crippen LogP contribution in [0.2, 0.25) is 0 Å². The largest absolute Gasteiger partial charge is 0.490 e. The lowest BCUT2D eigenvalue weighted by molar-refractivity contribution is 0.278. The highest BCUT2D eigenvalue weighted by atomic mass is 16.5. The van der Waals surface area contributed by atoms with Gasteiger partial charge in [-0.05, 0) is 69.5 Å². The van der Waals surface area contributed by atoms with E-state index >= 15 is 0 Å². The van der Waals surface area contributed by atoms with Gasteiger partial charge in [0.1, 0.15) is 0 Å². The van der Waals surface area contributed by atoms with E-state index in [4.69, 9.17) is 18.9 Å². The van der Waals surface area contributed by atoms with Gasteiger partial charge in [-0.1, -0.05) is 6.07 Å². The smallest absolute Gasteiger partial charge is 0.166 e. The highest BCUT2D eigenvalue weighted by Crippen LogP contribution is 2.44. The molecule has 0 N–H and O–H groups in total. The molecule has 2 aliphatic rings. The highest BCUT2D eigenvalue weighted by Gasteiger charge is 2.29. The Hall–Kier alpha value is -2.82. The molecule has 0 aliphatic carbocycles. The molecule has 0 amide bonds. The number of nitrogens with zero attached hydrogens (tertiary/aromatic N) is 1.